The Kier molecular flexibility index (Phi) is 7.68. The van der Waals surface area contributed by atoms with Gasteiger partial charge in [0, 0.05) is 12.5 Å². The number of hydrogen-bond acceptors (Lipinski definition) is 3. The van der Waals surface area contributed by atoms with Crippen molar-refractivity contribution in [1.29, 1.82) is 0 Å². The molecular weight excluding hydrogens is 242 g/mol. The second-order valence-corrected chi connectivity index (χ2v) is 5.84. The van der Waals surface area contributed by atoms with Crippen LogP contribution in [0.25, 0.3) is 0 Å². The van der Waals surface area contributed by atoms with Gasteiger partial charge in [0.25, 0.3) is 0 Å². The molecule has 5 nitrogen and oxygen atoms in total. The fourth-order valence-electron chi connectivity index (χ4n) is 1.49. The molecule has 5 heteroatoms. The van der Waals surface area contributed by atoms with E-state index in [2.05, 4.69) is 15.5 Å². The lowest BCUT2D eigenvalue weighted by Gasteiger charge is -2.26. The fraction of sp³-hybridized carbons (Fsp3) is 0.857. The van der Waals surface area contributed by atoms with E-state index in [9.17, 15) is 9.59 Å². The lowest BCUT2D eigenvalue weighted by atomic mass is 10.0. The highest BCUT2D eigenvalue weighted by atomic mass is 16.2. The minimum atomic E-state index is -0.862. The van der Waals surface area contributed by atoms with E-state index in [-0.39, 0.29) is 17.7 Å². The van der Waals surface area contributed by atoms with Gasteiger partial charge in [-0.25, -0.2) is 0 Å². The molecule has 0 aliphatic rings. The van der Waals surface area contributed by atoms with Crippen molar-refractivity contribution >= 4 is 11.8 Å². The van der Waals surface area contributed by atoms with Crippen LogP contribution in [0.1, 0.15) is 40.5 Å². The van der Waals surface area contributed by atoms with Crippen LogP contribution < -0.4 is 10.6 Å². The van der Waals surface area contributed by atoms with Gasteiger partial charge in [-0.2, -0.15) is 0 Å². The van der Waals surface area contributed by atoms with Crippen molar-refractivity contribution in [3.63, 3.8) is 0 Å². The molecule has 0 fully saturated rings. The molecule has 0 saturated carbocycles. The summed E-state index contributed by atoms with van der Waals surface area (Å²) in [5.41, 5.74) is -0.862. The molecule has 112 valence electrons. The average molecular weight is 271 g/mol. The molecule has 0 bridgehead atoms. The number of amides is 2. The number of carbonyl (C=O) groups excluding carboxylic acids is 2. The average Bonchev–Trinajstić information content (AvgIpc) is 2.32. The Labute approximate surface area is 117 Å². The van der Waals surface area contributed by atoms with E-state index in [1.807, 2.05) is 27.9 Å². The predicted octanol–water partition coefficient (Wildman–Crippen LogP) is 0.995. The van der Waals surface area contributed by atoms with Crippen molar-refractivity contribution in [2.24, 2.45) is 5.92 Å². The lowest BCUT2D eigenvalue weighted by molar-refractivity contribution is -0.134. The van der Waals surface area contributed by atoms with Crippen LogP contribution in [0.3, 0.4) is 0 Å². The molecule has 0 aliphatic carbocycles. The van der Waals surface area contributed by atoms with Crippen LogP contribution in [-0.2, 0) is 9.59 Å². The van der Waals surface area contributed by atoms with Crippen LogP contribution in [0.4, 0.5) is 0 Å². The molecule has 1 unspecified atom stereocenters. The van der Waals surface area contributed by atoms with E-state index < -0.39 is 5.54 Å². The van der Waals surface area contributed by atoms with Crippen molar-refractivity contribution < 1.29 is 9.59 Å². The van der Waals surface area contributed by atoms with E-state index >= 15 is 0 Å². The van der Waals surface area contributed by atoms with Gasteiger partial charge in [-0.15, -0.1) is 0 Å². The Bertz CT molecular complexity index is 301. The molecule has 0 saturated heterocycles. The Hall–Kier alpha value is -1.10. The molecule has 0 aromatic carbocycles. The van der Waals surface area contributed by atoms with Crippen LogP contribution >= 0.6 is 0 Å². The Balaban J connectivity index is 4.17. The van der Waals surface area contributed by atoms with Crippen molar-refractivity contribution in [3.05, 3.63) is 0 Å². The van der Waals surface area contributed by atoms with E-state index in [4.69, 9.17) is 0 Å². The third-order valence-corrected chi connectivity index (χ3v) is 3.13. The van der Waals surface area contributed by atoms with Crippen molar-refractivity contribution in [1.82, 2.24) is 15.5 Å². The van der Waals surface area contributed by atoms with E-state index in [1.54, 1.807) is 13.8 Å². The van der Waals surface area contributed by atoms with Gasteiger partial charge >= 0.3 is 0 Å². The largest absolute Gasteiger partial charge is 0.354 e. The van der Waals surface area contributed by atoms with Crippen molar-refractivity contribution in [2.45, 2.75) is 46.1 Å². The summed E-state index contributed by atoms with van der Waals surface area (Å²) in [6.07, 6.45) is 1.67. The first-order valence-electron chi connectivity index (χ1n) is 6.95. The van der Waals surface area contributed by atoms with E-state index in [0.29, 0.717) is 6.54 Å². The van der Waals surface area contributed by atoms with Gasteiger partial charge in [0.2, 0.25) is 11.8 Å². The van der Waals surface area contributed by atoms with Gasteiger partial charge in [0.15, 0.2) is 0 Å². The molecule has 1 atom stereocenters. The predicted molar refractivity (Wildman–Crippen MR) is 77.9 cm³/mol. The standard InChI is InChI=1S/C14H29N3O2/c1-7-11(2)12(18)16-14(3,4)13(19)15-9-8-10-17(5)6/h11H,7-10H2,1-6H3,(H,15,19)(H,16,18). The summed E-state index contributed by atoms with van der Waals surface area (Å²) >= 11 is 0. The number of nitrogens with zero attached hydrogens (tertiary/aromatic N) is 1. The SMILES string of the molecule is CCC(C)C(=O)NC(C)(C)C(=O)NCCCN(C)C. The Morgan fingerprint density at radius 2 is 1.84 bits per heavy atom. The summed E-state index contributed by atoms with van der Waals surface area (Å²) in [6, 6.07) is 0. The summed E-state index contributed by atoms with van der Waals surface area (Å²) in [6.45, 7) is 8.83. The monoisotopic (exact) mass is 271 g/mol. The summed E-state index contributed by atoms with van der Waals surface area (Å²) in [5.74, 6) is -0.278. The zero-order chi connectivity index (χ0) is 15.1. The lowest BCUT2D eigenvalue weighted by Crippen LogP contribution is -2.56. The minimum Gasteiger partial charge on any atom is -0.354 e. The number of carbonyl (C=O) groups is 2. The van der Waals surface area contributed by atoms with Crippen molar-refractivity contribution in [2.75, 3.05) is 27.2 Å². The van der Waals surface area contributed by atoms with Gasteiger partial charge < -0.3 is 15.5 Å². The van der Waals surface area contributed by atoms with Crippen LogP contribution in [-0.4, -0.2) is 49.4 Å². The first-order valence-corrected chi connectivity index (χ1v) is 6.95. The summed E-state index contributed by atoms with van der Waals surface area (Å²) in [7, 11) is 4.00. The maximum absolute atomic E-state index is 12.0. The van der Waals surface area contributed by atoms with E-state index in [1.165, 1.54) is 0 Å². The summed E-state index contributed by atoms with van der Waals surface area (Å²) in [4.78, 5) is 25.9. The quantitative estimate of drug-likeness (QED) is 0.647. The van der Waals surface area contributed by atoms with Crippen LogP contribution in [0.15, 0.2) is 0 Å². The van der Waals surface area contributed by atoms with Crippen LogP contribution in [0.5, 0.6) is 0 Å². The van der Waals surface area contributed by atoms with Crippen molar-refractivity contribution in [3.8, 4) is 0 Å². The Morgan fingerprint density at radius 1 is 1.26 bits per heavy atom. The third kappa shape index (κ3) is 7.15. The maximum Gasteiger partial charge on any atom is 0.245 e. The fourth-order valence-corrected chi connectivity index (χ4v) is 1.49. The van der Waals surface area contributed by atoms with Gasteiger partial charge in [0.05, 0.1) is 0 Å². The summed E-state index contributed by atoms with van der Waals surface area (Å²) < 4.78 is 0. The first kappa shape index (κ1) is 17.9. The van der Waals surface area contributed by atoms with E-state index in [0.717, 1.165) is 19.4 Å². The van der Waals surface area contributed by atoms with Gasteiger partial charge in [-0.3, -0.25) is 9.59 Å². The normalized spacial score (nSPS) is 13.2. The Morgan fingerprint density at radius 3 is 2.32 bits per heavy atom. The van der Waals surface area contributed by atoms with Gasteiger partial charge in [0.1, 0.15) is 5.54 Å². The molecule has 0 rings (SSSR count). The van der Waals surface area contributed by atoms with Crippen LogP contribution in [0, 0.1) is 5.92 Å². The number of hydrogen-bond donors (Lipinski definition) is 2. The second kappa shape index (κ2) is 8.15. The molecule has 2 N–H and O–H groups in total. The minimum absolute atomic E-state index is 0.0687. The van der Waals surface area contributed by atoms with Gasteiger partial charge in [-0.05, 0) is 47.3 Å². The molecule has 0 aromatic heterocycles. The molecule has 2 amide bonds. The molecule has 0 heterocycles. The highest BCUT2D eigenvalue weighted by Gasteiger charge is 2.30. The third-order valence-electron chi connectivity index (χ3n) is 3.13. The number of rotatable bonds is 8. The molecular formula is C14H29N3O2. The summed E-state index contributed by atoms with van der Waals surface area (Å²) in [5, 5.41) is 5.66. The number of nitrogens with one attached hydrogen (secondary N) is 2. The zero-order valence-electron chi connectivity index (χ0n) is 13.2. The van der Waals surface area contributed by atoms with Crippen LogP contribution in [0.2, 0.25) is 0 Å². The smallest absolute Gasteiger partial charge is 0.245 e. The molecule has 19 heavy (non-hydrogen) atoms. The second-order valence-electron chi connectivity index (χ2n) is 5.84. The molecule has 0 radical (unpaired) electrons. The highest BCUT2D eigenvalue weighted by molar-refractivity contribution is 5.91. The molecule has 0 aromatic rings. The maximum atomic E-state index is 12.0. The van der Waals surface area contributed by atoms with Gasteiger partial charge in [-0.1, -0.05) is 13.8 Å². The topological polar surface area (TPSA) is 61.4 Å². The highest BCUT2D eigenvalue weighted by Crippen LogP contribution is 2.07. The molecule has 0 aliphatic heterocycles. The zero-order valence-corrected chi connectivity index (χ0v) is 13.2. The molecule has 0 spiro atoms. The first-order chi connectivity index (χ1) is 8.70.